The summed E-state index contributed by atoms with van der Waals surface area (Å²) in [6.07, 6.45) is 1.59. The Hall–Kier alpha value is -1.52. The van der Waals surface area contributed by atoms with Gasteiger partial charge in [0.25, 0.3) is 0 Å². The van der Waals surface area contributed by atoms with E-state index in [2.05, 4.69) is 9.72 Å². The number of carbonyl (C=O) groups excluding carboxylic acids is 1. The van der Waals surface area contributed by atoms with Gasteiger partial charge in [-0.15, -0.1) is 0 Å². The Kier molecular flexibility index (Phi) is 4.23. The zero-order chi connectivity index (χ0) is 13.0. The van der Waals surface area contributed by atoms with Gasteiger partial charge in [0.1, 0.15) is 5.03 Å². The Balaban J connectivity index is 2.19. The predicted octanol–water partition coefficient (Wildman–Crippen LogP) is 3.67. The van der Waals surface area contributed by atoms with Crippen LogP contribution in [0.15, 0.2) is 52.5 Å². The molecule has 0 fully saturated rings. The molecule has 2 aromatic rings. The summed E-state index contributed by atoms with van der Waals surface area (Å²) in [5, 5.41) is 1.42. The van der Waals surface area contributed by atoms with Crippen LogP contribution in [0.25, 0.3) is 0 Å². The number of rotatable bonds is 3. The van der Waals surface area contributed by atoms with E-state index in [4.69, 9.17) is 11.6 Å². The fraction of sp³-hybridized carbons (Fsp3) is 0.0769. The molecule has 1 aromatic heterocycles. The fourth-order valence-electron chi connectivity index (χ4n) is 1.35. The summed E-state index contributed by atoms with van der Waals surface area (Å²) in [6.45, 7) is 0. The smallest absolute Gasteiger partial charge is 0.337 e. The molecule has 92 valence electrons. The number of carbonyl (C=O) groups is 1. The standard InChI is InChI=1S/C13H10ClNO2S/c1-17-13(16)9-3-2-4-11(7-9)18-12-6-5-10(14)8-15-12/h2-8H,1H3. The molecule has 0 atom stereocenters. The molecular formula is C13H10ClNO2S. The topological polar surface area (TPSA) is 39.2 Å². The minimum atomic E-state index is -0.346. The van der Waals surface area contributed by atoms with E-state index in [-0.39, 0.29) is 5.97 Å². The Morgan fingerprint density at radius 3 is 2.83 bits per heavy atom. The second-order valence-corrected chi connectivity index (χ2v) is 4.97. The van der Waals surface area contributed by atoms with Gasteiger partial charge in [0.2, 0.25) is 0 Å². The van der Waals surface area contributed by atoms with Crippen LogP contribution in [0, 0.1) is 0 Å². The van der Waals surface area contributed by atoms with E-state index in [0.29, 0.717) is 10.6 Å². The molecule has 1 heterocycles. The first-order valence-electron chi connectivity index (χ1n) is 5.17. The van der Waals surface area contributed by atoms with Gasteiger partial charge in [-0.3, -0.25) is 0 Å². The van der Waals surface area contributed by atoms with Crippen molar-refractivity contribution in [2.75, 3.05) is 7.11 Å². The number of halogens is 1. The van der Waals surface area contributed by atoms with Gasteiger partial charge in [0.15, 0.2) is 0 Å². The average molecular weight is 280 g/mol. The van der Waals surface area contributed by atoms with Crippen molar-refractivity contribution >= 4 is 29.3 Å². The lowest BCUT2D eigenvalue weighted by atomic mass is 10.2. The van der Waals surface area contributed by atoms with Crippen molar-refractivity contribution in [1.29, 1.82) is 0 Å². The molecule has 0 saturated heterocycles. The lowest BCUT2D eigenvalue weighted by Crippen LogP contribution is -2.00. The highest BCUT2D eigenvalue weighted by Crippen LogP contribution is 2.27. The minimum absolute atomic E-state index is 0.346. The van der Waals surface area contributed by atoms with Crippen molar-refractivity contribution < 1.29 is 9.53 Å². The number of nitrogens with zero attached hydrogens (tertiary/aromatic N) is 1. The van der Waals surface area contributed by atoms with Crippen molar-refractivity contribution in [3.05, 3.63) is 53.2 Å². The number of benzene rings is 1. The molecular weight excluding hydrogens is 270 g/mol. The molecule has 0 N–H and O–H groups in total. The largest absolute Gasteiger partial charge is 0.465 e. The number of hydrogen-bond acceptors (Lipinski definition) is 4. The first kappa shape index (κ1) is 12.9. The summed E-state index contributed by atoms with van der Waals surface area (Å²) in [7, 11) is 1.36. The highest BCUT2D eigenvalue weighted by atomic mass is 35.5. The van der Waals surface area contributed by atoms with Crippen molar-refractivity contribution in [3.8, 4) is 0 Å². The quantitative estimate of drug-likeness (QED) is 0.804. The minimum Gasteiger partial charge on any atom is -0.465 e. The number of aromatic nitrogens is 1. The van der Waals surface area contributed by atoms with Crippen LogP contribution < -0.4 is 0 Å². The van der Waals surface area contributed by atoms with Crippen LogP contribution in [-0.2, 0) is 4.74 Å². The molecule has 0 bridgehead atoms. The Morgan fingerprint density at radius 1 is 1.33 bits per heavy atom. The second kappa shape index (κ2) is 5.89. The normalized spacial score (nSPS) is 10.1. The van der Waals surface area contributed by atoms with E-state index in [0.717, 1.165) is 9.92 Å². The summed E-state index contributed by atoms with van der Waals surface area (Å²) in [4.78, 5) is 16.5. The molecule has 0 aliphatic heterocycles. The van der Waals surface area contributed by atoms with Gasteiger partial charge in [0.05, 0.1) is 17.7 Å². The van der Waals surface area contributed by atoms with Crippen LogP contribution in [0.2, 0.25) is 5.02 Å². The number of hydrogen-bond donors (Lipinski definition) is 0. The van der Waals surface area contributed by atoms with Gasteiger partial charge < -0.3 is 4.74 Å². The van der Waals surface area contributed by atoms with E-state index < -0.39 is 0 Å². The summed E-state index contributed by atoms with van der Waals surface area (Å²) >= 11 is 7.23. The first-order valence-corrected chi connectivity index (χ1v) is 6.36. The number of methoxy groups -OCH3 is 1. The molecule has 18 heavy (non-hydrogen) atoms. The molecule has 0 spiro atoms. The van der Waals surface area contributed by atoms with Crippen molar-refractivity contribution in [2.24, 2.45) is 0 Å². The third-order valence-corrected chi connectivity index (χ3v) is 3.34. The summed E-state index contributed by atoms with van der Waals surface area (Å²) in [5.41, 5.74) is 0.525. The molecule has 1 aromatic carbocycles. The predicted molar refractivity (Wildman–Crippen MR) is 71.2 cm³/mol. The Morgan fingerprint density at radius 2 is 2.17 bits per heavy atom. The highest BCUT2D eigenvalue weighted by molar-refractivity contribution is 7.99. The molecule has 2 rings (SSSR count). The van der Waals surface area contributed by atoms with Gasteiger partial charge in [-0.1, -0.05) is 29.4 Å². The molecule has 5 heteroatoms. The molecule has 0 aliphatic rings. The van der Waals surface area contributed by atoms with Crippen LogP contribution in [0.5, 0.6) is 0 Å². The first-order chi connectivity index (χ1) is 8.69. The van der Waals surface area contributed by atoms with Crippen LogP contribution in [0.1, 0.15) is 10.4 Å². The van der Waals surface area contributed by atoms with E-state index in [9.17, 15) is 4.79 Å². The molecule has 0 radical (unpaired) electrons. The second-order valence-electron chi connectivity index (χ2n) is 3.44. The number of ether oxygens (including phenoxy) is 1. The van der Waals surface area contributed by atoms with Crippen LogP contribution >= 0.6 is 23.4 Å². The van der Waals surface area contributed by atoms with Crippen molar-refractivity contribution in [3.63, 3.8) is 0 Å². The number of pyridine rings is 1. The maximum atomic E-state index is 11.4. The highest BCUT2D eigenvalue weighted by Gasteiger charge is 2.06. The van der Waals surface area contributed by atoms with Crippen molar-refractivity contribution in [1.82, 2.24) is 4.98 Å². The third kappa shape index (κ3) is 3.24. The zero-order valence-corrected chi connectivity index (χ0v) is 11.2. The third-order valence-electron chi connectivity index (χ3n) is 2.18. The number of esters is 1. The van der Waals surface area contributed by atoms with Crippen molar-refractivity contribution in [2.45, 2.75) is 9.92 Å². The van der Waals surface area contributed by atoms with Crippen LogP contribution in [0.4, 0.5) is 0 Å². The van der Waals surface area contributed by atoms with Gasteiger partial charge in [-0.25, -0.2) is 9.78 Å². The van der Waals surface area contributed by atoms with E-state index in [1.807, 2.05) is 18.2 Å². The monoisotopic (exact) mass is 279 g/mol. The van der Waals surface area contributed by atoms with E-state index in [1.165, 1.54) is 18.9 Å². The van der Waals surface area contributed by atoms with Gasteiger partial charge >= 0.3 is 5.97 Å². The molecule has 3 nitrogen and oxygen atoms in total. The fourth-order valence-corrected chi connectivity index (χ4v) is 2.28. The maximum absolute atomic E-state index is 11.4. The van der Waals surface area contributed by atoms with Gasteiger partial charge in [0, 0.05) is 11.1 Å². The van der Waals surface area contributed by atoms with E-state index in [1.54, 1.807) is 24.4 Å². The van der Waals surface area contributed by atoms with E-state index >= 15 is 0 Å². The summed E-state index contributed by atoms with van der Waals surface area (Å²) in [6, 6.07) is 10.8. The average Bonchev–Trinajstić information content (AvgIpc) is 2.41. The lowest BCUT2D eigenvalue weighted by Gasteiger charge is -2.03. The molecule has 0 unspecified atom stereocenters. The van der Waals surface area contributed by atoms with Crippen LogP contribution in [0.3, 0.4) is 0 Å². The van der Waals surface area contributed by atoms with Gasteiger partial charge in [-0.2, -0.15) is 0 Å². The SMILES string of the molecule is COC(=O)c1cccc(Sc2ccc(Cl)cn2)c1. The molecule has 0 saturated carbocycles. The molecule has 0 aliphatic carbocycles. The maximum Gasteiger partial charge on any atom is 0.337 e. The summed E-state index contributed by atoms with van der Waals surface area (Å²) < 4.78 is 4.68. The summed E-state index contributed by atoms with van der Waals surface area (Å²) in [5.74, 6) is -0.346. The van der Waals surface area contributed by atoms with Crippen LogP contribution in [-0.4, -0.2) is 18.1 Å². The van der Waals surface area contributed by atoms with Gasteiger partial charge in [-0.05, 0) is 30.3 Å². The Labute approximate surface area is 114 Å². The zero-order valence-electron chi connectivity index (χ0n) is 9.59. The Bertz CT molecular complexity index is 557. The molecule has 0 amide bonds. The lowest BCUT2D eigenvalue weighted by molar-refractivity contribution is 0.0600.